The molecule has 5 nitrogen and oxygen atoms in total. The van der Waals surface area contributed by atoms with Crippen molar-refractivity contribution in [3.05, 3.63) is 51.9 Å². The number of anilines is 1. The van der Waals surface area contributed by atoms with Crippen molar-refractivity contribution in [3.8, 4) is 0 Å². The zero-order chi connectivity index (χ0) is 18.5. The predicted molar refractivity (Wildman–Crippen MR) is 103 cm³/mol. The zero-order valence-electron chi connectivity index (χ0n) is 15.6. The molecule has 1 amide bonds. The van der Waals surface area contributed by atoms with Crippen LogP contribution in [0, 0.1) is 0 Å². The van der Waals surface area contributed by atoms with Crippen molar-refractivity contribution in [1.82, 2.24) is 4.90 Å². The van der Waals surface area contributed by atoms with Crippen LogP contribution < -0.4 is 17.7 Å². The van der Waals surface area contributed by atoms with Gasteiger partial charge in [-0.25, -0.2) is 4.79 Å². The predicted octanol–water partition coefficient (Wildman–Crippen LogP) is 0.836. The van der Waals surface area contributed by atoms with Gasteiger partial charge in [0.25, 0.3) is 0 Å². The van der Waals surface area contributed by atoms with Gasteiger partial charge in [-0.15, -0.1) is 11.3 Å². The Balaban J connectivity index is 0.00000261. The standard InChI is InChI=1S/C20H24N2O3S.ClH/c1-3-17(23)21-19-18(20(24)25-4-2)15-10-11-22(13-16(15)26-19)12-14-8-6-5-7-9-14;/h5-9H,3-4,10-13H2,1-2H3,(H,21,23);1H/p-1. The van der Waals surface area contributed by atoms with E-state index in [1.807, 2.05) is 18.2 Å². The number of ether oxygens (including phenoxy) is 1. The third kappa shape index (κ3) is 5.09. The Bertz CT molecular complexity index is 792. The van der Waals surface area contributed by atoms with Gasteiger partial charge in [0.15, 0.2) is 0 Å². The lowest BCUT2D eigenvalue weighted by Crippen LogP contribution is -3.00. The highest BCUT2D eigenvalue weighted by Gasteiger charge is 2.29. The maximum absolute atomic E-state index is 12.5. The first-order valence-corrected chi connectivity index (χ1v) is 9.81. The Morgan fingerprint density at radius 2 is 1.96 bits per heavy atom. The van der Waals surface area contributed by atoms with E-state index in [-0.39, 0.29) is 24.3 Å². The third-order valence-electron chi connectivity index (χ3n) is 4.44. The Kier molecular flexibility index (Phi) is 7.83. The van der Waals surface area contributed by atoms with E-state index in [9.17, 15) is 9.59 Å². The molecule has 0 spiro atoms. The highest BCUT2D eigenvalue weighted by Crippen LogP contribution is 2.38. The van der Waals surface area contributed by atoms with Crippen molar-refractivity contribution in [2.75, 3.05) is 18.5 Å². The first kappa shape index (κ1) is 21.4. The van der Waals surface area contributed by atoms with Crippen LogP contribution in [-0.4, -0.2) is 29.9 Å². The number of amides is 1. The SMILES string of the molecule is CCOC(=O)c1c(NC(=O)CC)sc2c1CCN(Cc1ccccc1)C2.[Cl-]. The molecule has 1 aliphatic rings. The first-order chi connectivity index (χ1) is 12.6. The summed E-state index contributed by atoms with van der Waals surface area (Å²) in [5.74, 6) is -0.428. The quantitative estimate of drug-likeness (QED) is 0.721. The third-order valence-corrected chi connectivity index (χ3v) is 5.57. The average Bonchev–Trinajstić information content (AvgIpc) is 2.99. The molecule has 2 aromatic rings. The molecule has 0 atom stereocenters. The van der Waals surface area contributed by atoms with Gasteiger partial charge in [0, 0.05) is 30.9 Å². The van der Waals surface area contributed by atoms with Gasteiger partial charge in [-0.1, -0.05) is 37.3 Å². The molecular weight excluding hydrogens is 384 g/mol. The number of hydrogen-bond donors (Lipinski definition) is 1. The highest BCUT2D eigenvalue weighted by atomic mass is 35.5. The number of halogens is 1. The second kappa shape index (κ2) is 9.88. The fourth-order valence-electron chi connectivity index (χ4n) is 3.16. The van der Waals surface area contributed by atoms with Crippen molar-refractivity contribution < 1.29 is 26.7 Å². The van der Waals surface area contributed by atoms with Crippen LogP contribution in [-0.2, 0) is 29.0 Å². The van der Waals surface area contributed by atoms with E-state index in [2.05, 4.69) is 22.3 Å². The first-order valence-electron chi connectivity index (χ1n) is 9.00. The topological polar surface area (TPSA) is 58.6 Å². The number of carbonyl (C=O) groups excluding carboxylic acids is 2. The minimum absolute atomic E-state index is 0. The van der Waals surface area contributed by atoms with Gasteiger partial charge in [0.05, 0.1) is 12.2 Å². The van der Waals surface area contributed by atoms with E-state index in [0.29, 0.717) is 23.6 Å². The minimum Gasteiger partial charge on any atom is -1.00 e. The summed E-state index contributed by atoms with van der Waals surface area (Å²) in [4.78, 5) is 27.8. The number of benzene rings is 1. The summed E-state index contributed by atoms with van der Waals surface area (Å²) in [5.41, 5.74) is 2.86. The van der Waals surface area contributed by atoms with Gasteiger partial charge >= 0.3 is 5.97 Å². The molecule has 0 bridgehead atoms. The molecule has 0 radical (unpaired) electrons. The second-order valence-corrected chi connectivity index (χ2v) is 7.38. The number of hydrogen-bond acceptors (Lipinski definition) is 5. The normalized spacial score (nSPS) is 13.4. The molecule has 1 aromatic heterocycles. The molecule has 1 N–H and O–H groups in total. The van der Waals surface area contributed by atoms with E-state index in [1.54, 1.807) is 13.8 Å². The summed E-state index contributed by atoms with van der Waals surface area (Å²) in [5, 5.41) is 3.51. The Morgan fingerprint density at radius 1 is 1.22 bits per heavy atom. The number of fused-ring (bicyclic) bond motifs is 1. The molecule has 0 aliphatic carbocycles. The van der Waals surface area contributed by atoms with Crippen molar-refractivity contribution >= 4 is 28.2 Å². The fourth-order valence-corrected chi connectivity index (χ4v) is 4.45. The van der Waals surface area contributed by atoms with Gasteiger partial charge in [-0.3, -0.25) is 9.69 Å². The Labute approximate surface area is 170 Å². The van der Waals surface area contributed by atoms with Crippen LogP contribution in [0.4, 0.5) is 5.00 Å². The van der Waals surface area contributed by atoms with Crippen LogP contribution >= 0.6 is 11.3 Å². The van der Waals surface area contributed by atoms with E-state index < -0.39 is 0 Å². The largest absolute Gasteiger partial charge is 1.00 e. The van der Waals surface area contributed by atoms with Crippen LogP contribution in [0.25, 0.3) is 0 Å². The molecule has 27 heavy (non-hydrogen) atoms. The van der Waals surface area contributed by atoms with Crippen LogP contribution in [0.1, 0.15) is 46.6 Å². The van der Waals surface area contributed by atoms with Gasteiger partial charge in [-0.2, -0.15) is 0 Å². The molecule has 2 heterocycles. The van der Waals surface area contributed by atoms with Crippen molar-refractivity contribution in [2.24, 2.45) is 0 Å². The Morgan fingerprint density at radius 3 is 2.63 bits per heavy atom. The monoisotopic (exact) mass is 407 g/mol. The summed E-state index contributed by atoms with van der Waals surface area (Å²) in [6, 6.07) is 10.4. The number of rotatable bonds is 6. The molecule has 0 saturated carbocycles. The van der Waals surface area contributed by atoms with Gasteiger partial charge in [0.1, 0.15) is 5.00 Å². The van der Waals surface area contributed by atoms with Gasteiger partial charge in [-0.05, 0) is 24.5 Å². The van der Waals surface area contributed by atoms with E-state index >= 15 is 0 Å². The molecule has 1 aliphatic heterocycles. The smallest absolute Gasteiger partial charge is 0.341 e. The highest BCUT2D eigenvalue weighted by molar-refractivity contribution is 7.17. The summed E-state index contributed by atoms with van der Waals surface area (Å²) in [6.07, 6.45) is 1.17. The summed E-state index contributed by atoms with van der Waals surface area (Å²) in [7, 11) is 0. The number of nitrogens with one attached hydrogen (secondary N) is 1. The molecule has 3 rings (SSSR count). The van der Waals surface area contributed by atoms with Crippen LogP contribution in [0.2, 0.25) is 0 Å². The molecule has 0 unspecified atom stereocenters. The van der Waals surface area contributed by atoms with Crippen LogP contribution in [0.3, 0.4) is 0 Å². The maximum atomic E-state index is 12.5. The fraction of sp³-hybridized carbons (Fsp3) is 0.400. The average molecular weight is 408 g/mol. The van der Waals surface area contributed by atoms with E-state index in [4.69, 9.17) is 4.74 Å². The molecule has 0 fully saturated rings. The number of carbonyl (C=O) groups is 2. The van der Waals surface area contributed by atoms with Crippen molar-refractivity contribution in [1.29, 1.82) is 0 Å². The summed E-state index contributed by atoms with van der Waals surface area (Å²) < 4.78 is 5.23. The number of esters is 1. The minimum atomic E-state index is -0.340. The second-order valence-electron chi connectivity index (χ2n) is 6.28. The van der Waals surface area contributed by atoms with Crippen molar-refractivity contribution in [2.45, 2.75) is 39.8 Å². The van der Waals surface area contributed by atoms with E-state index in [0.717, 1.165) is 36.5 Å². The summed E-state index contributed by atoms with van der Waals surface area (Å²) in [6.45, 7) is 6.46. The number of thiophene rings is 1. The van der Waals surface area contributed by atoms with Crippen molar-refractivity contribution in [3.63, 3.8) is 0 Å². The summed E-state index contributed by atoms with van der Waals surface area (Å²) >= 11 is 1.50. The molecule has 1 aromatic carbocycles. The van der Waals surface area contributed by atoms with Gasteiger partial charge < -0.3 is 22.5 Å². The van der Waals surface area contributed by atoms with Crippen LogP contribution in [0.5, 0.6) is 0 Å². The molecular formula is C20H24ClN2O3S-. The van der Waals surface area contributed by atoms with Gasteiger partial charge in [0.2, 0.25) is 5.91 Å². The molecule has 7 heteroatoms. The lowest BCUT2D eigenvalue weighted by atomic mass is 10.0. The maximum Gasteiger partial charge on any atom is 0.341 e. The van der Waals surface area contributed by atoms with Crippen LogP contribution in [0.15, 0.2) is 30.3 Å². The lowest BCUT2D eigenvalue weighted by molar-refractivity contribution is -0.115. The molecule has 146 valence electrons. The number of nitrogens with zero attached hydrogens (tertiary/aromatic N) is 1. The molecule has 0 saturated heterocycles. The zero-order valence-corrected chi connectivity index (χ0v) is 17.2. The Hall–Kier alpha value is -1.89. The lowest BCUT2D eigenvalue weighted by Gasteiger charge is -2.27. The van der Waals surface area contributed by atoms with E-state index in [1.165, 1.54) is 16.9 Å².